The molecule has 0 spiro atoms. The van der Waals surface area contributed by atoms with Crippen molar-refractivity contribution in [1.82, 2.24) is 5.32 Å². The molecule has 0 saturated heterocycles. The summed E-state index contributed by atoms with van der Waals surface area (Å²) in [5.74, 6) is 0.472. The third kappa shape index (κ3) is 4.60. The largest absolute Gasteiger partial charge is 0.486 e. The van der Waals surface area contributed by atoms with E-state index in [2.05, 4.69) is 5.32 Å². The molecule has 0 saturated carbocycles. The summed E-state index contributed by atoms with van der Waals surface area (Å²) in [6, 6.07) is 17.6. The number of amides is 1. The lowest BCUT2D eigenvalue weighted by molar-refractivity contribution is -0.119. The highest BCUT2D eigenvalue weighted by Crippen LogP contribution is 2.21. The average Bonchev–Trinajstić information content (AvgIpc) is 2.54. The first-order valence-corrected chi connectivity index (χ1v) is 7.39. The van der Waals surface area contributed by atoms with Crippen LogP contribution in [0, 0.1) is 0 Å². The normalized spacial score (nSPS) is 13.4. The van der Waals surface area contributed by atoms with E-state index in [1.807, 2.05) is 61.5 Å². The van der Waals surface area contributed by atoms with E-state index >= 15 is 0 Å². The van der Waals surface area contributed by atoms with E-state index in [0.29, 0.717) is 6.54 Å². The molecule has 0 fully saturated rings. The molecule has 116 valence electrons. The minimum atomic E-state index is -0.350. The van der Waals surface area contributed by atoms with Crippen molar-refractivity contribution in [2.45, 2.75) is 32.5 Å². The molecule has 3 N–H and O–H groups in total. The van der Waals surface area contributed by atoms with Crippen molar-refractivity contribution in [3.8, 4) is 5.75 Å². The molecule has 0 radical (unpaired) electrons. The van der Waals surface area contributed by atoms with Crippen LogP contribution in [0.1, 0.15) is 31.1 Å². The Bertz CT molecular complexity index is 596. The summed E-state index contributed by atoms with van der Waals surface area (Å²) >= 11 is 0. The molecule has 0 bridgehead atoms. The topological polar surface area (TPSA) is 64.3 Å². The Morgan fingerprint density at radius 2 is 1.73 bits per heavy atom. The van der Waals surface area contributed by atoms with Crippen LogP contribution in [0.15, 0.2) is 54.6 Å². The number of benzene rings is 2. The molecule has 0 aliphatic heterocycles. The van der Waals surface area contributed by atoms with Crippen LogP contribution in [-0.2, 0) is 11.3 Å². The number of hydrogen-bond donors (Lipinski definition) is 2. The fourth-order valence-electron chi connectivity index (χ4n) is 2.05. The monoisotopic (exact) mass is 298 g/mol. The molecule has 22 heavy (non-hydrogen) atoms. The molecule has 0 aliphatic rings. The van der Waals surface area contributed by atoms with Gasteiger partial charge >= 0.3 is 0 Å². The van der Waals surface area contributed by atoms with Crippen LogP contribution in [-0.4, -0.2) is 11.9 Å². The maximum Gasteiger partial charge on any atom is 0.234 e. The zero-order valence-electron chi connectivity index (χ0n) is 13.0. The molecule has 2 aromatic carbocycles. The highest BCUT2D eigenvalue weighted by molar-refractivity contribution is 5.79. The Morgan fingerprint density at radius 3 is 2.32 bits per heavy atom. The lowest BCUT2D eigenvalue weighted by atomic mass is 10.1. The maximum absolute atomic E-state index is 11.0. The quantitative estimate of drug-likeness (QED) is 0.826. The first-order chi connectivity index (χ1) is 10.6. The average molecular weight is 298 g/mol. The van der Waals surface area contributed by atoms with Crippen molar-refractivity contribution in [1.29, 1.82) is 0 Å². The van der Waals surface area contributed by atoms with Gasteiger partial charge in [-0.05, 0) is 37.1 Å². The van der Waals surface area contributed by atoms with Crippen molar-refractivity contribution in [2.24, 2.45) is 5.73 Å². The molecular weight excluding hydrogens is 276 g/mol. The zero-order valence-corrected chi connectivity index (χ0v) is 13.0. The predicted octanol–water partition coefficient (Wildman–Crippen LogP) is 2.79. The highest BCUT2D eigenvalue weighted by Gasteiger charge is 2.08. The second-order valence-corrected chi connectivity index (χ2v) is 5.32. The fourth-order valence-corrected chi connectivity index (χ4v) is 2.05. The third-order valence-electron chi connectivity index (χ3n) is 3.54. The number of rotatable bonds is 7. The molecule has 0 aromatic heterocycles. The number of nitrogens with one attached hydrogen (secondary N) is 1. The van der Waals surface area contributed by atoms with E-state index in [-0.39, 0.29) is 18.1 Å². The van der Waals surface area contributed by atoms with Gasteiger partial charge in [-0.1, -0.05) is 42.5 Å². The van der Waals surface area contributed by atoms with Gasteiger partial charge in [0.15, 0.2) is 0 Å². The first-order valence-electron chi connectivity index (χ1n) is 7.39. The van der Waals surface area contributed by atoms with Gasteiger partial charge in [0.25, 0.3) is 0 Å². The lowest BCUT2D eigenvalue weighted by Gasteiger charge is -2.15. The molecule has 2 atom stereocenters. The Balaban J connectivity index is 1.90. The van der Waals surface area contributed by atoms with Crippen LogP contribution in [0.2, 0.25) is 0 Å². The van der Waals surface area contributed by atoms with E-state index < -0.39 is 0 Å². The summed E-state index contributed by atoms with van der Waals surface area (Å²) in [7, 11) is 0. The van der Waals surface area contributed by atoms with Crippen LogP contribution in [0.4, 0.5) is 0 Å². The van der Waals surface area contributed by atoms with Crippen molar-refractivity contribution >= 4 is 5.91 Å². The Kier molecular flexibility index (Phi) is 5.55. The molecule has 1 amide bonds. The molecule has 4 nitrogen and oxygen atoms in total. The van der Waals surface area contributed by atoms with Crippen molar-refractivity contribution in [3.63, 3.8) is 0 Å². The first kappa shape index (κ1) is 16.0. The lowest BCUT2D eigenvalue weighted by Crippen LogP contribution is -2.38. The fraction of sp³-hybridized carbons (Fsp3) is 0.278. The number of primary amides is 1. The van der Waals surface area contributed by atoms with Crippen LogP contribution in [0.5, 0.6) is 5.75 Å². The Labute approximate surface area is 131 Å². The molecule has 2 rings (SSSR count). The van der Waals surface area contributed by atoms with Gasteiger partial charge in [-0.2, -0.15) is 0 Å². The van der Waals surface area contributed by atoms with Gasteiger partial charge in [-0.15, -0.1) is 0 Å². The van der Waals surface area contributed by atoms with E-state index in [9.17, 15) is 4.79 Å². The highest BCUT2D eigenvalue weighted by atomic mass is 16.5. The van der Waals surface area contributed by atoms with E-state index in [4.69, 9.17) is 10.5 Å². The molecular formula is C18H22N2O2. The Hall–Kier alpha value is -2.33. The SMILES string of the molecule is CC(Oc1ccc(CN[C@@H](C)C(N)=O)cc1)c1ccccc1. The molecule has 0 heterocycles. The second-order valence-electron chi connectivity index (χ2n) is 5.32. The maximum atomic E-state index is 11.0. The molecule has 0 aliphatic carbocycles. The number of hydrogen-bond acceptors (Lipinski definition) is 3. The van der Waals surface area contributed by atoms with Gasteiger partial charge < -0.3 is 15.8 Å². The van der Waals surface area contributed by atoms with E-state index in [0.717, 1.165) is 16.9 Å². The number of nitrogens with two attached hydrogens (primary N) is 1. The molecule has 1 unspecified atom stereocenters. The van der Waals surface area contributed by atoms with Gasteiger partial charge in [-0.25, -0.2) is 0 Å². The number of ether oxygens (including phenoxy) is 1. The predicted molar refractivity (Wildman–Crippen MR) is 87.4 cm³/mol. The summed E-state index contributed by atoms with van der Waals surface area (Å²) < 4.78 is 5.92. The number of carbonyl (C=O) groups excluding carboxylic acids is 1. The standard InChI is InChI=1S/C18H22N2O2/c1-13(18(19)21)20-12-15-8-10-17(11-9-15)22-14(2)16-6-4-3-5-7-16/h3-11,13-14,20H,12H2,1-2H3,(H2,19,21)/t13-,14?/m0/s1. The van der Waals surface area contributed by atoms with Crippen LogP contribution >= 0.6 is 0 Å². The summed E-state index contributed by atoms with van der Waals surface area (Å²) in [5, 5.41) is 3.07. The number of carbonyl (C=O) groups is 1. The Morgan fingerprint density at radius 1 is 1.09 bits per heavy atom. The van der Waals surface area contributed by atoms with Gasteiger partial charge in [-0.3, -0.25) is 4.79 Å². The van der Waals surface area contributed by atoms with Gasteiger partial charge in [0.1, 0.15) is 11.9 Å². The van der Waals surface area contributed by atoms with Crippen LogP contribution < -0.4 is 15.8 Å². The smallest absolute Gasteiger partial charge is 0.234 e. The van der Waals surface area contributed by atoms with Crippen LogP contribution in [0.25, 0.3) is 0 Å². The van der Waals surface area contributed by atoms with Gasteiger partial charge in [0, 0.05) is 6.54 Å². The zero-order chi connectivity index (χ0) is 15.9. The van der Waals surface area contributed by atoms with E-state index in [1.54, 1.807) is 6.92 Å². The van der Waals surface area contributed by atoms with Gasteiger partial charge in [0.2, 0.25) is 5.91 Å². The molecule has 2 aromatic rings. The minimum absolute atomic E-state index is 0.0000545. The summed E-state index contributed by atoms with van der Waals surface area (Å²) in [6.07, 6.45) is 0.0000545. The van der Waals surface area contributed by atoms with Gasteiger partial charge in [0.05, 0.1) is 6.04 Å². The van der Waals surface area contributed by atoms with Crippen LogP contribution in [0.3, 0.4) is 0 Å². The van der Waals surface area contributed by atoms with Crippen molar-refractivity contribution < 1.29 is 9.53 Å². The van der Waals surface area contributed by atoms with Crippen molar-refractivity contribution in [2.75, 3.05) is 0 Å². The minimum Gasteiger partial charge on any atom is -0.486 e. The van der Waals surface area contributed by atoms with Crippen molar-refractivity contribution in [3.05, 3.63) is 65.7 Å². The summed E-state index contributed by atoms with van der Waals surface area (Å²) in [5.41, 5.74) is 7.43. The summed E-state index contributed by atoms with van der Waals surface area (Å²) in [6.45, 7) is 4.37. The van der Waals surface area contributed by atoms with E-state index in [1.165, 1.54) is 0 Å². The summed E-state index contributed by atoms with van der Waals surface area (Å²) in [4.78, 5) is 11.0. The molecule has 4 heteroatoms. The second kappa shape index (κ2) is 7.61. The third-order valence-corrected chi connectivity index (χ3v) is 3.54.